The van der Waals surface area contributed by atoms with Gasteiger partial charge >= 0.3 is 5.97 Å². The quantitative estimate of drug-likeness (QED) is 0.221. The Morgan fingerprint density at radius 2 is 1.86 bits per heavy atom. The number of nitrogens with zero attached hydrogens (tertiary/aromatic N) is 2. The maximum atomic E-state index is 15.0. The number of benzene rings is 1. The van der Waals surface area contributed by atoms with Gasteiger partial charge in [-0.3, -0.25) is 23.9 Å². The Labute approximate surface area is 329 Å². The largest absolute Gasteiger partial charge is 0.481 e. The summed E-state index contributed by atoms with van der Waals surface area (Å²) in [6.07, 6.45) is 6.72. The minimum Gasteiger partial charge on any atom is -0.481 e. The molecule has 1 aromatic carbocycles. The third-order valence-electron chi connectivity index (χ3n) is 12.2. The average Bonchev–Trinajstić information content (AvgIpc) is 4.00. The first-order valence-electron chi connectivity index (χ1n) is 19.9. The van der Waals surface area contributed by atoms with Crippen molar-refractivity contribution in [2.45, 2.75) is 128 Å². The molecule has 0 radical (unpaired) electrons. The van der Waals surface area contributed by atoms with E-state index in [9.17, 15) is 27.2 Å². The minimum atomic E-state index is -3.98. The van der Waals surface area contributed by atoms with Crippen LogP contribution in [0.3, 0.4) is 0 Å². The number of hydrogen-bond donors (Lipinski definition) is 1. The number of halogens is 1. The Hall–Kier alpha value is -4.07. The first-order valence-corrected chi connectivity index (χ1v) is 21.4. The predicted molar refractivity (Wildman–Crippen MR) is 208 cm³/mol. The summed E-state index contributed by atoms with van der Waals surface area (Å²) in [7, 11) is -2.55. The van der Waals surface area contributed by atoms with E-state index in [0.29, 0.717) is 49.3 Å². The first kappa shape index (κ1) is 41.6. The number of fused-ring (bicyclic) bond motifs is 3. The van der Waals surface area contributed by atoms with Crippen molar-refractivity contribution in [3.63, 3.8) is 0 Å². The number of hydrogen-bond acceptors (Lipinski definition) is 10. The molecule has 1 aromatic heterocycles. The van der Waals surface area contributed by atoms with Crippen LogP contribution in [0.5, 0.6) is 11.8 Å². The van der Waals surface area contributed by atoms with Crippen LogP contribution in [0.1, 0.15) is 106 Å². The number of rotatable bonds is 9. The molecule has 56 heavy (non-hydrogen) atoms. The lowest BCUT2D eigenvalue weighted by Gasteiger charge is -2.33. The molecule has 2 saturated carbocycles. The number of sulfonamides is 1. The molecule has 0 unspecified atom stereocenters. The molecule has 3 heterocycles. The molecule has 1 saturated heterocycles. The van der Waals surface area contributed by atoms with E-state index in [4.69, 9.17) is 14.2 Å². The van der Waals surface area contributed by atoms with Crippen molar-refractivity contribution in [3.05, 3.63) is 42.2 Å². The van der Waals surface area contributed by atoms with Crippen molar-refractivity contribution in [1.29, 1.82) is 0 Å². The summed E-state index contributed by atoms with van der Waals surface area (Å²) < 4.78 is 59.6. The third kappa shape index (κ3) is 8.89. The van der Waals surface area contributed by atoms with Crippen molar-refractivity contribution in [2.75, 3.05) is 13.7 Å². The molecule has 12 nitrogen and oxygen atoms in total. The van der Waals surface area contributed by atoms with Gasteiger partial charge in [0.25, 0.3) is 0 Å². The summed E-state index contributed by atoms with van der Waals surface area (Å²) in [5, 5.41) is 0.992. The SMILES string of the molecule is CC[C@@H]1C[C@@H](C)CC/C=C\[C@@H]2C[C@@]2(C(=O)NS(=O)(=O)C2(C)CC2)CC(=O)[C@@H]2C[C@@H](Oc3nc(OC)cc4cc(F)ccc34)CN2C(=O)[C@H]1CC(=O)OC(C)(C)C. The van der Waals surface area contributed by atoms with Crippen LogP contribution in [0.15, 0.2) is 36.4 Å². The molecule has 6 rings (SSSR count). The highest BCUT2D eigenvalue weighted by atomic mass is 32.2. The zero-order valence-corrected chi connectivity index (χ0v) is 34.4. The highest BCUT2D eigenvalue weighted by molar-refractivity contribution is 7.91. The topological polar surface area (TPSA) is 158 Å². The minimum absolute atomic E-state index is 0.0249. The lowest BCUT2D eigenvalue weighted by Crippen LogP contribution is -2.48. The number of aromatic nitrogens is 1. The second-order valence-corrected chi connectivity index (χ2v) is 19.9. The van der Waals surface area contributed by atoms with Gasteiger partial charge in [0.05, 0.1) is 42.2 Å². The number of Topliss-reactive ketones (excluding diaryl/α,β-unsaturated/α-hetero) is 1. The van der Waals surface area contributed by atoms with Gasteiger partial charge < -0.3 is 19.1 Å². The molecule has 306 valence electrons. The number of carbonyl (C=O) groups is 4. The highest BCUT2D eigenvalue weighted by Gasteiger charge is 2.62. The molecular weight excluding hydrogens is 742 g/mol. The van der Waals surface area contributed by atoms with Gasteiger partial charge in [-0.05, 0) is 108 Å². The van der Waals surface area contributed by atoms with Crippen molar-refractivity contribution in [3.8, 4) is 11.8 Å². The summed E-state index contributed by atoms with van der Waals surface area (Å²) in [5.74, 6) is -3.31. The molecule has 0 spiro atoms. The van der Waals surface area contributed by atoms with E-state index >= 15 is 4.79 Å². The van der Waals surface area contributed by atoms with E-state index in [2.05, 4.69) is 16.6 Å². The lowest BCUT2D eigenvalue weighted by molar-refractivity contribution is -0.160. The molecule has 2 amide bonds. The van der Waals surface area contributed by atoms with E-state index in [1.807, 2.05) is 19.1 Å². The Morgan fingerprint density at radius 3 is 2.52 bits per heavy atom. The summed E-state index contributed by atoms with van der Waals surface area (Å²) in [6, 6.07) is 4.70. The van der Waals surface area contributed by atoms with Crippen LogP contribution in [0, 0.1) is 34.9 Å². The molecule has 4 aliphatic rings. The first-order chi connectivity index (χ1) is 26.3. The monoisotopic (exact) mass is 797 g/mol. The normalized spacial score (nSPS) is 30.0. The number of methoxy groups -OCH3 is 1. The standard InChI is InChI=1S/C42H56FN3O9S/c1-8-26-17-25(2)11-9-10-12-28-22-42(28,39(50)45-56(51,52)41(6)15-16-41)23-34(47)33-20-30(24-46(33)38(49)32(26)21-36(48)55-40(3,4)5)54-37-31-14-13-29(43)18-27(31)19-35(44-37)53-7/h10,12-14,18-19,25-26,28,30,32-33H,8-9,11,15-17,20-24H2,1-7H3,(H,45,50)/b12-10-/t25-,26+,28+,30+,32-,33-,42+/m0/s1. The van der Waals surface area contributed by atoms with E-state index in [1.165, 1.54) is 24.1 Å². The fraction of sp³-hybridized carbons (Fsp3) is 0.643. The summed E-state index contributed by atoms with van der Waals surface area (Å²) in [5.41, 5.74) is -2.08. The number of allylic oxidation sites excluding steroid dienone is 2. The Balaban J connectivity index is 1.38. The Kier molecular flexibility index (Phi) is 11.7. The smallest absolute Gasteiger partial charge is 0.307 e. The number of nitrogens with one attached hydrogen (secondary N) is 1. The van der Waals surface area contributed by atoms with E-state index in [-0.39, 0.29) is 61.2 Å². The van der Waals surface area contributed by atoms with Crippen LogP contribution in [-0.2, 0) is 33.9 Å². The zero-order chi connectivity index (χ0) is 40.8. The van der Waals surface area contributed by atoms with Gasteiger partial charge in [0.15, 0.2) is 5.78 Å². The number of pyridine rings is 1. The molecule has 1 N–H and O–H groups in total. The van der Waals surface area contributed by atoms with Crippen LogP contribution in [0.4, 0.5) is 4.39 Å². The maximum Gasteiger partial charge on any atom is 0.307 e. The molecular formula is C42H56FN3O9S. The summed E-state index contributed by atoms with van der Waals surface area (Å²) in [6.45, 7) is 11.0. The molecule has 2 aliphatic heterocycles. The van der Waals surface area contributed by atoms with Gasteiger partial charge in [-0.25, -0.2) is 12.8 Å². The van der Waals surface area contributed by atoms with Gasteiger partial charge in [-0.2, -0.15) is 4.98 Å². The number of ketones is 1. The van der Waals surface area contributed by atoms with Gasteiger partial charge in [-0.1, -0.05) is 32.4 Å². The van der Waals surface area contributed by atoms with Gasteiger partial charge in [0.1, 0.15) is 17.5 Å². The fourth-order valence-corrected chi connectivity index (χ4v) is 9.76. The molecule has 2 aliphatic carbocycles. The van der Waals surface area contributed by atoms with Gasteiger partial charge in [-0.15, -0.1) is 0 Å². The average molecular weight is 798 g/mol. The van der Waals surface area contributed by atoms with E-state index in [1.54, 1.807) is 39.8 Å². The maximum absolute atomic E-state index is 15.0. The number of amides is 2. The molecule has 14 heteroatoms. The predicted octanol–water partition coefficient (Wildman–Crippen LogP) is 6.45. The van der Waals surface area contributed by atoms with E-state index < -0.39 is 67.3 Å². The highest BCUT2D eigenvalue weighted by Crippen LogP contribution is 2.58. The molecule has 7 atom stereocenters. The van der Waals surface area contributed by atoms with Crippen LogP contribution >= 0.6 is 0 Å². The fourth-order valence-electron chi connectivity index (χ4n) is 8.43. The summed E-state index contributed by atoms with van der Waals surface area (Å²) in [4.78, 5) is 63.1. The number of esters is 1. The zero-order valence-electron chi connectivity index (χ0n) is 33.6. The van der Waals surface area contributed by atoms with Crippen LogP contribution in [-0.4, -0.2) is 78.0 Å². The van der Waals surface area contributed by atoms with Crippen LogP contribution in [0.2, 0.25) is 0 Å². The molecule has 3 fully saturated rings. The van der Waals surface area contributed by atoms with Crippen LogP contribution < -0.4 is 14.2 Å². The van der Waals surface area contributed by atoms with Crippen molar-refractivity contribution >= 4 is 44.4 Å². The third-order valence-corrected chi connectivity index (χ3v) is 14.3. The summed E-state index contributed by atoms with van der Waals surface area (Å²) >= 11 is 0. The van der Waals surface area contributed by atoms with Crippen LogP contribution in [0.25, 0.3) is 10.8 Å². The Bertz CT molecular complexity index is 2010. The molecule has 0 bridgehead atoms. The van der Waals surface area contributed by atoms with Crippen molar-refractivity contribution in [1.82, 2.24) is 14.6 Å². The van der Waals surface area contributed by atoms with E-state index in [0.717, 1.165) is 6.42 Å². The lowest BCUT2D eigenvalue weighted by atomic mass is 9.79. The second-order valence-electron chi connectivity index (χ2n) is 17.7. The Morgan fingerprint density at radius 1 is 1.12 bits per heavy atom. The van der Waals surface area contributed by atoms with Gasteiger partial charge in [0, 0.05) is 24.3 Å². The van der Waals surface area contributed by atoms with Gasteiger partial charge in [0.2, 0.25) is 33.6 Å². The van der Waals surface area contributed by atoms with Crippen molar-refractivity contribution < 1.29 is 46.2 Å². The number of ether oxygens (including phenoxy) is 3. The molecule has 2 aromatic rings. The second kappa shape index (κ2) is 15.7. The number of carbonyl (C=O) groups excluding carboxylic acids is 4. The van der Waals surface area contributed by atoms with Crippen molar-refractivity contribution in [2.24, 2.45) is 29.1 Å².